The fraction of sp³-hybridized carbons (Fsp3) is 0.462. The van der Waals surface area contributed by atoms with E-state index in [9.17, 15) is 22.8 Å². The maximum Gasteiger partial charge on any atom is 0.392 e. The van der Waals surface area contributed by atoms with Crippen LogP contribution in [0.15, 0.2) is 54.7 Å². The van der Waals surface area contributed by atoms with E-state index in [1.54, 1.807) is 63.3 Å². The second-order valence-electron chi connectivity index (χ2n) is 9.41. The number of ether oxygens (including phenoxy) is 1. The Labute approximate surface area is 203 Å². The average molecular weight is 498 g/mol. The zero-order valence-corrected chi connectivity index (χ0v) is 20.6. The van der Waals surface area contributed by atoms with Gasteiger partial charge in [0.05, 0.1) is 22.5 Å². The van der Waals surface area contributed by atoms with Crippen molar-refractivity contribution in [3.63, 3.8) is 0 Å². The molecule has 8 heteroatoms. The summed E-state index contributed by atoms with van der Waals surface area (Å²) >= 11 is 6.22. The lowest BCUT2D eigenvalue weighted by molar-refractivity contribution is -0.188. The number of halogens is 4. The Morgan fingerprint density at radius 2 is 1.97 bits per heavy atom. The molecular formula is C26H31ClF3NO3. The predicted octanol–water partition coefficient (Wildman–Crippen LogP) is 7.06. The van der Waals surface area contributed by atoms with Crippen molar-refractivity contribution in [3.05, 3.63) is 65.2 Å². The van der Waals surface area contributed by atoms with Gasteiger partial charge in [0, 0.05) is 6.42 Å². The van der Waals surface area contributed by atoms with Crippen LogP contribution in [0.5, 0.6) is 0 Å². The molecule has 0 fully saturated rings. The summed E-state index contributed by atoms with van der Waals surface area (Å²) in [6.45, 7) is 9.99. The molecule has 0 saturated heterocycles. The van der Waals surface area contributed by atoms with Crippen LogP contribution < -0.4 is 5.32 Å². The van der Waals surface area contributed by atoms with Gasteiger partial charge in [-0.05, 0) is 62.8 Å². The van der Waals surface area contributed by atoms with Gasteiger partial charge in [0.25, 0.3) is 0 Å². The van der Waals surface area contributed by atoms with E-state index in [0.29, 0.717) is 18.4 Å². The van der Waals surface area contributed by atoms with Gasteiger partial charge in [0.15, 0.2) is 0 Å². The second-order valence-corrected chi connectivity index (χ2v) is 9.82. The molecule has 1 amide bonds. The first-order valence-electron chi connectivity index (χ1n) is 11.1. The summed E-state index contributed by atoms with van der Waals surface area (Å²) in [7, 11) is 0. The molecule has 0 heterocycles. The smallest absolute Gasteiger partial charge is 0.392 e. The molecule has 1 aliphatic rings. The molecule has 0 radical (unpaired) electrons. The van der Waals surface area contributed by atoms with E-state index in [1.807, 2.05) is 0 Å². The molecule has 0 bridgehead atoms. The van der Waals surface area contributed by atoms with Crippen molar-refractivity contribution in [2.75, 3.05) is 5.32 Å². The molecule has 3 atom stereocenters. The lowest BCUT2D eigenvalue weighted by Gasteiger charge is -2.31. The van der Waals surface area contributed by atoms with Crippen molar-refractivity contribution in [2.24, 2.45) is 17.8 Å². The highest BCUT2D eigenvalue weighted by Gasteiger charge is 2.46. The summed E-state index contributed by atoms with van der Waals surface area (Å²) in [5.74, 6) is -4.98. The first-order chi connectivity index (χ1) is 15.7. The third kappa shape index (κ3) is 8.05. The molecule has 34 heavy (non-hydrogen) atoms. The highest BCUT2D eigenvalue weighted by molar-refractivity contribution is 6.33. The van der Waals surface area contributed by atoms with Gasteiger partial charge < -0.3 is 10.1 Å². The highest BCUT2D eigenvalue weighted by Crippen LogP contribution is 2.39. The van der Waals surface area contributed by atoms with Crippen LogP contribution in [0.2, 0.25) is 5.02 Å². The van der Waals surface area contributed by atoms with Gasteiger partial charge >= 0.3 is 12.1 Å². The first-order valence-corrected chi connectivity index (χ1v) is 11.5. The van der Waals surface area contributed by atoms with Crippen molar-refractivity contribution in [1.82, 2.24) is 0 Å². The number of hydrogen-bond acceptors (Lipinski definition) is 3. The van der Waals surface area contributed by atoms with Crippen LogP contribution >= 0.6 is 11.6 Å². The number of esters is 1. The number of aryl methyl sites for hydroxylation is 1. The van der Waals surface area contributed by atoms with Crippen LogP contribution in [0.3, 0.4) is 0 Å². The number of carbonyl (C=O) groups excluding carboxylic acids is 2. The maximum atomic E-state index is 13.6. The summed E-state index contributed by atoms with van der Waals surface area (Å²) < 4.78 is 46.2. The minimum atomic E-state index is -4.54. The Hall–Kier alpha value is -2.54. The lowest BCUT2D eigenvalue weighted by Crippen LogP contribution is -2.40. The number of alkyl halides is 3. The van der Waals surface area contributed by atoms with Crippen molar-refractivity contribution >= 4 is 29.2 Å². The van der Waals surface area contributed by atoms with Gasteiger partial charge in [0.2, 0.25) is 5.91 Å². The minimum absolute atomic E-state index is 0.116. The van der Waals surface area contributed by atoms with Gasteiger partial charge in [0.1, 0.15) is 5.60 Å². The molecule has 1 aromatic rings. The van der Waals surface area contributed by atoms with E-state index >= 15 is 0 Å². The third-order valence-electron chi connectivity index (χ3n) is 5.54. The molecule has 1 N–H and O–H groups in total. The Balaban J connectivity index is 2.20. The molecule has 1 unspecified atom stereocenters. The largest absolute Gasteiger partial charge is 0.460 e. The molecule has 4 nitrogen and oxygen atoms in total. The van der Waals surface area contributed by atoms with Gasteiger partial charge in [-0.3, -0.25) is 9.59 Å². The standard InChI is InChI=1S/C26H31ClF3NO3/c1-6-17-7-11-19(12-8-17)23(16(2)26(28,29)30)24(33)31-21-15-18(9-13-20(21)27)10-14-22(32)34-25(3,4)5/h6-9,11,13,15-16,19,23H,1,10,12,14H2,2-5H3,(H,31,33)/t16-,19?,23+/m1/s1. The van der Waals surface area contributed by atoms with E-state index in [4.69, 9.17) is 16.3 Å². The quantitative estimate of drug-likeness (QED) is 0.391. The SMILES string of the molecule is C=CC1=CCC([C@@H](C(=O)Nc2cc(CCC(=O)OC(C)(C)C)ccc2Cl)[C@@H](C)C(F)(F)F)C=C1. The fourth-order valence-electron chi connectivity index (χ4n) is 3.75. The molecule has 0 saturated carbocycles. The Morgan fingerprint density at radius 1 is 1.29 bits per heavy atom. The minimum Gasteiger partial charge on any atom is -0.460 e. The fourth-order valence-corrected chi connectivity index (χ4v) is 3.91. The van der Waals surface area contributed by atoms with E-state index < -0.39 is 35.4 Å². The number of nitrogens with one attached hydrogen (secondary N) is 1. The third-order valence-corrected chi connectivity index (χ3v) is 5.87. The number of hydrogen-bond donors (Lipinski definition) is 1. The number of carbonyl (C=O) groups is 2. The molecule has 0 aromatic heterocycles. The van der Waals surface area contributed by atoms with Gasteiger partial charge in [-0.1, -0.05) is 55.5 Å². The Kier molecular flexibility index (Phi) is 9.17. The van der Waals surface area contributed by atoms with E-state index in [1.165, 1.54) is 0 Å². The number of allylic oxidation sites excluding steroid dienone is 5. The van der Waals surface area contributed by atoms with Crippen molar-refractivity contribution in [1.29, 1.82) is 0 Å². The van der Waals surface area contributed by atoms with Gasteiger partial charge in [-0.25, -0.2) is 0 Å². The van der Waals surface area contributed by atoms with E-state index in [2.05, 4.69) is 11.9 Å². The topological polar surface area (TPSA) is 55.4 Å². The Bertz CT molecular complexity index is 976. The van der Waals surface area contributed by atoms with Gasteiger partial charge in [-0.2, -0.15) is 13.2 Å². The van der Waals surface area contributed by atoms with Crippen molar-refractivity contribution in [2.45, 2.75) is 58.7 Å². The monoisotopic (exact) mass is 497 g/mol. The van der Waals surface area contributed by atoms with Crippen LogP contribution in [0, 0.1) is 17.8 Å². The van der Waals surface area contributed by atoms with Crippen molar-refractivity contribution in [3.8, 4) is 0 Å². The second kappa shape index (κ2) is 11.3. The van der Waals surface area contributed by atoms with Crippen LogP contribution in [-0.2, 0) is 20.7 Å². The molecule has 2 rings (SSSR count). The summed E-state index contributed by atoms with van der Waals surface area (Å²) in [4.78, 5) is 25.1. The summed E-state index contributed by atoms with van der Waals surface area (Å²) in [6, 6.07) is 4.82. The molecular weight excluding hydrogens is 467 g/mol. The number of anilines is 1. The first kappa shape index (κ1) is 27.7. The lowest BCUT2D eigenvalue weighted by atomic mass is 9.77. The molecule has 186 valence electrons. The van der Waals surface area contributed by atoms with E-state index in [-0.39, 0.29) is 23.1 Å². The van der Waals surface area contributed by atoms with Crippen molar-refractivity contribution < 1.29 is 27.5 Å². The van der Waals surface area contributed by atoms with Crippen LogP contribution in [0.25, 0.3) is 0 Å². The van der Waals surface area contributed by atoms with Gasteiger partial charge in [-0.15, -0.1) is 0 Å². The Morgan fingerprint density at radius 3 is 2.50 bits per heavy atom. The summed E-state index contributed by atoms with van der Waals surface area (Å²) in [5.41, 5.74) is 1.10. The van der Waals surface area contributed by atoms with Crippen LogP contribution in [0.4, 0.5) is 18.9 Å². The number of benzene rings is 1. The molecule has 0 spiro atoms. The molecule has 1 aromatic carbocycles. The predicted molar refractivity (Wildman–Crippen MR) is 128 cm³/mol. The normalized spacial score (nSPS) is 18.0. The highest BCUT2D eigenvalue weighted by atomic mass is 35.5. The summed E-state index contributed by atoms with van der Waals surface area (Å²) in [6.07, 6.45) is 2.88. The zero-order chi connectivity index (χ0) is 25.7. The number of rotatable bonds is 8. The van der Waals surface area contributed by atoms with Crippen LogP contribution in [-0.4, -0.2) is 23.7 Å². The number of amides is 1. The summed E-state index contributed by atoms with van der Waals surface area (Å²) in [5, 5.41) is 2.79. The maximum absolute atomic E-state index is 13.6. The van der Waals surface area contributed by atoms with E-state index in [0.717, 1.165) is 12.5 Å². The zero-order valence-electron chi connectivity index (χ0n) is 19.8. The van der Waals surface area contributed by atoms with Crippen LogP contribution in [0.1, 0.15) is 46.1 Å². The average Bonchev–Trinajstić information content (AvgIpc) is 2.73. The molecule has 0 aliphatic heterocycles. The molecule has 1 aliphatic carbocycles.